The molecule has 0 fully saturated rings. The van der Waals surface area contributed by atoms with Crippen LogP contribution in [0.2, 0.25) is 0 Å². The molecule has 180 valence electrons. The van der Waals surface area contributed by atoms with Gasteiger partial charge in [0, 0.05) is 47.3 Å². The normalized spacial score (nSPS) is 14.7. The second-order valence-corrected chi connectivity index (χ2v) is 9.50. The fourth-order valence-corrected chi connectivity index (χ4v) is 5.06. The number of hydrogen-bond acceptors (Lipinski definition) is 7. The number of carbonyl (C=O) groups excluding carboxylic acids is 1. The van der Waals surface area contributed by atoms with Gasteiger partial charge in [-0.15, -0.1) is 0 Å². The molecule has 10 heteroatoms. The summed E-state index contributed by atoms with van der Waals surface area (Å²) in [5.74, 6) is -0.711. The maximum absolute atomic E-state index is 13.3. The largest absolute Gasteiger partial charge is 0.481 e. The van der Waals surface area contributed by atoms with Gasteiger partial charge in [-0.2, -0.15) is 0 Å². The van der Waals surface area contributed by atoms with E-state index in [9.17, 15) is 18.9 Å². The molecule has 2 atom stereocenters. The smallest absolute Gasteiger partial charge is 0.304 e. The van der Waals surface area contributed by atoms with Gasteiger partial charge in [-0.1, -0.05) is 18.2 Å². The molecule has 0 radical (unpaired) electrons. The summed E-state index contributed by atoms with van der Waals surface area (Å²) in [6.45, 7) is 1.60. The molecule has 1 aromatic heterocycles. The molecule has 2 heterocycles. The molecule has 2 unspecified atom stereocenters. The van der Waals surface area contributed by atoms with Crippen LogP contribution in [0.15, 0.2) is 82.9 Å². The number of carbonyl (C=O) groups is 2. The number of hydrogen-bond donors (Lipinski definition) is 4. The molecule has 3 aromatic rings. The minimum atomic E-state index is -1.67. The molecule has 0 saturated carbocycles. The molecule has 1 aliphatic heterocycles. The molecule has 9 nitrogen and oxygen atoms in total. The highest BCUT2D eigenvalue weighted by Crippen LogP contribution is 2.29. The Morgan fingerprint density at radius 3 is 2.66 bits per heavy atom. The third-order valence-electron chi connectivity index (χ3n) is 5.28. The number of carboxylic acid groups (broad SMARTS) is 1. The van der Waals surface area contributed by atoms with Gasteiger partial charge >= 0.3 is 5.97 Å². The number of aliphatic imine (C=N–C) groups is 1. The van der Waals surface area contributed by atoms with Crippen molar-refractivity contribution < 1.29 is 18.9 Å². The summed E-state index contributed by atoms with van der Waals surface area (Å²) in [6, 6.07) is 17.0. The molecule has 0 spiro atoms. The zero-order valence-electron chi connectivity index (χ0n) is 18.8. The van der Waals surface area contributed by atoms with Crippen molar-refractivity contribution >= 4 is 40.0 Å². The van der Waals surface area contributed by atoms with E-state index in [0.29, 0.717) is 27.7 Å². The number of anilines is 2. The maximum Gasteiger partial charge on any atom is 0.304 e. The van der Waals surface area contributed by atoms with Gasteiger partial charge in [-0.3, -0.25) is 23.8 Å². The van der Waals surface area contributed by atoms with Crippen LogP contribution in [-0.4, -0.2) is 45.2 Å². The molecular formula is C25H25N5O4S. The number of benzene rings is 2. The standard InChI is InChI=1S/C25H25N5O4S/c31-23(32)15-22(18-6-3-10-26-16-18)35(34)21-9-2-8-20(14-21)29-24(33)17-5-1-7-19(13-17)30-25-27-11-4-12-28-25/h1-3,5-10,13-14,16,22H,4,11-12,15H2,(H,29,33)(H,31,32)(H2,27,28,30). The van der Waals surface area contributed by atoms with Crippen molar-refractivity contribution in [2.75, 3.05) is 23.7 Å². The second kappa shape index (κ2) is 11.4. The van der Waals surface area contributed by atoms with Crippen LogP contribution in [0.3, 0.4) is 0 Å². The zero-order valence-corrected chi connectivity index (χ0v) is 19.6. The van der Waals surface area contributed by atoms with Gasteiger partial charge in [-0.05, 0) is 54.4 Å². The van der Waals surface area contributed by atoms with E-state index in [2.05, 4.69) is 25.9 Å². The van der Waals surface area contributed by atoms with Crippen LogP contribution in [0.4, 0.5) is 11.4 Å². The van der Waals surface area contributed by atoms with Crippen LogP contribution in [-0.2, 0) is 15.6 Å². The van der Waals surface area contributed by atoms with Crippen LogP contribution < -0.4 is 16.0 Å². The topological polar surface area (TPSA) is 133 Å². The first-order valence-electron chi connectivity index (χ1n) is 11.1. The number of carboxylic acids is 1. The maximum atomic E-state index is 13.3. The predicted molar refractivity (Wildman–Crippen MR) is 135 cm³/mol. The van der Waals surface area contributed by atoms with E-state index in [4.69, 9.17) is 0 Å². The average molecular weight is 492 g/mol. The van der Waals surface area contributed by atoms with Crippen molar-refractivity contribution in [3.8, 4) is 0 Å². The van der Waals surface area contributed by atoms with E-state index in [1.807, 2.05) is 6.07 Å². The van der Waals surface area contributed by atoms with E-state index < -0.39 is 22.0 Å². The molecule has 4 rings (SSSR count). The molecule has 1 aliphatic rings. The van der Waals surface area contributed by atoms with E-state index in [0.717, 1.165) is 25.2 Å². The Labute approximate surface area is 205 Å². The minimum Gasteiger partial charge on any atom is -0.481 e. The van der Waals surface area contributed by atoms with Crippen molar-refractivity contribution in [3.63, 3.8) is 0 Å². The Morgan fingerprint density at radius 2 is 1.91 bits per heavy atom. The Morgan fingerprint density at radius 1 is 1.09 bits per heavy atom. The van der Waals surface area contributed by atoms with Crippen molar-refractivity contribution in [2.24, 2.45) is 4.99 Å². The number of nitrogens with one attached hydrogen (secondary N) is 3. The molecule has 35 heavy (non-hydrogen) atoms. The zero-order chi connectivity index (χ0) is 24.6. The fourth-order valence-electron chi connectivity index (χ4n) is 3.60. The molecule has 0 aliphatic carbocycles. The monoisotopic (exact) mass is 491 g/mol. The van der Waals surface area contributed by atoms with Gasteiger partial charge in [0.15, 0.2) is 5.96 Å². The summed E-state index contributed by atoms with van der Waals surface area (Å²) in [5, 5.41) is 17.7. The summed E-state index contributed by atoms with van der Waals surface area (Å²) in [6.07, 6.45) is 3.77. The first kappa shape index (κ1) is 24.1. The van der Waals surface area contributed by atoms with Crippen molar-refractivity contribution in [3.05, 3.63) is 84.2 Å². The lowest BCUT2D eigenvalue weighted by atomic mass is 10.1. The lowest BCUT2D eigenvalue weighted by molar-refractivity contribution is -0.137. The summed E-state index contributed by atoms with van der Waals surface area (Å²) >= 11 is 0. The van der Waals surface area contributed by atoms with Gasteiger partial charge in [0.2, 0.25) is 0 Å². The van der Waals surface area contributed by atoms with Gasteiger partial charge in [0.05, 0.1) is 22.5 Å². The molecule has 1 amide bonds. The summed E-state index contributed by atoms with van der Waals surface area (Å²) < 4.78 is 13.3. The third-order valence-corrected chi connectivity index (χ3v) is 6.96. The van der Waals surface area contributed by atoms with E-state index in [1.165, 1.54) is 6.20 Å². The average Bonchev–Trinajstić information content (AvgIpc) is 2.88. The molecule has 4 N–H and O–H groups in total. The van der Waals surface area contributed by atoms with Crippen LogP contribution in [0, 0.1) is 0 Å². The van der Waals surface area contributed by atoms with E-state index in [1.54, 1.807) is 60.8 Å². The number of aliphatic carboxylic acids is 1. The quantitative estimate of drug-likeness (QED) is 0.379. The lowest BCUT2D eigenvalue weighted by Gasteiger charge is -2.16. The molecule has 0 saturated heterocycles. The Bertz CT molecular complexity index is 1270. The number of rotatable bonds is 8. The fraction of sp³-hybridized carbons (Fsp3) is 0.200. The lowest BCUT2D eigenvalue weighted by Crippen LogP contribution is -2.35. The minimum absolute atomic E-state index is 0.311. The van der Waals surface area contributed by atoms with E-state index >= 15 is 0 Å². The van der Waals surface area contributed by atoms with Gasteiger partial charge in [-0.25, -0.2) is 0 Å². The molecular weight excluding hydrogens is 466 g/mol. The van der Waals surface area contributed by atoms with Crippen molar-refractivity contribution in [1.29, 1.82) is 0 Å². The number of guanidine groups is 1. The highest BCUT2D eigenvalue weighted by molar-refractivity contribution is 7.85. The van der Waals surface area contributed by atoms with Crippen molar-refractivity contribution in [2.45, 2.75) is 23.0 Å². The molecule has 2 aromatic carbocycles. The number of aromatic nitrogens is 1. The predicted octanol–water partition coefficient (Wildman–Crippen LogP) is 3.42. The summed E-state index contributed by atoms with van der Waals surface area (Å²) in [4.78, 5) is 33.1. The van der Waals surface area contributed by atoms with Gasteiger partial charge in [0.1, 0.15) is 0 Å². The SMILES string of the molecule is O=C(O)CC(c1cccnc1)S(=O)c1cccc(NC(=O)c2cccc(NC3=NCCCN3)c2)c1. The first-order valence-corrected chi connectivity index (χ1v) is 12.3. The number of amides is 1. The van der Waals surface area contributed by atoms with Crippen LogP contribution >= 0.6 is 0 Å². The van der Waals surface area contributed by atoms with Crippen LogP contribution in [0.1, 0.15) is 34.0 Å². The second-order valence-electron chi connectivity index (χ2n) is 7.87. The van der Waals surface area contributed by atoms with Crippen LogP contribution in [0.25, 0.3) is 0 Å². The number of pyridine rings is 1. The first-order chi connectivity index (χ1) is 17.0. The summed E-state index contributed by atoms with van der Waals surface area (Å²) in [5.41, 5.74) is 2.20. The van der Waals surface area contributed by atoms with Gasteiger partial charge in [0.25, 0.3) is 5.91 Å². The highest BCUT2D eigenvalue weighted by atomic mass is 32.2. The third kappa shape index (κ3) is 6.51. The van der Waals surface area contributed by atoms with Crippen molar-refractivity contribution in [1.82, 2.24) is 10.3 Å². The highest BCUT2D eigenvalue weighted by Gasteiger charge is 2.24. The number of nitrogens with zero attached hydrogens (tertiary/aromatic N) is 2. The molecule has 0 bridgehead atoms. The Hall–Kier alpha value is -4.05. The Balaban J connectivity index is 1.49. The summed E-state index contributed by atoms with van der Waals surface area (Å²) in [7, 11) is -1.67. The van der Waals surface area contributed by atoms with Gasteiger partial charge < -0.3 is 21.1 Å². The Kier molecular flexibility index (Phi) is 7.84. The van der Waals surface area contributed by atoms with E-state index in [-0.39, 0.29) is 12.3 Å². The van der Waals surface area contributed by atoms with Crippen LogP contribution in [0.5, 0.6) is 0 Å².